The Bertz CT molecular complexity index is 1020. The maximum Gasteiger partial charge on any atom is 0.306 e. The van der Waals surface area contributed by atoms with Gasteiger partial charge in [0, 0.05) is 29.1 Å². The fourth-order valence-electron chi connectivity index (χ4n) is 8.34. The number of carbonyl (C=O) groups is 3. The van der Waals surface area contributed by atoms with Crippen molar-refractivity contribution in [2.24, 2.45) is 28.6 Å². The van der Waals surface area contributed by atoms with E-state index in [-0.39, 0.29) is 31.3 Å². The monoisotopic (exact) mass is 508 g/mol. The first-order valence-corrected chi connectivity index (χ1v) is 13.2. The number of carbonyl (C=O) groups excluding carboxylic acids is 3. The second kappa shape index (κ2) is 9.12. The van der Waals surface area contributed by atoms with Crippen LogP contribution in [0.2, 0.25) is 0 Å². The van der Waals surface area contributed by atoms with Crippen molar-refractivity contribution in [1.82, 2.24) is 0 Å². The number of aliphatic hydroxyl groups is 2. The van der Waals surface area contributed by atoms with E-state index in [1.807, 2.05) is 6.92 Å². The summed E-state index contributed by atoms with van der Waals surface area (Å²) in [5.41, 5.74) is -6.54. The van der Waals surface area contributed by atoms with E-state index < -0.39 is 75.9 Å². The first kappa shape index (κ1) is 27.1. The van der Waals surface area contributed by atoms with E-state index in [0.29, 0.717) is 12.8 Å². The number of esters is 1. The average molecular weight is 509 g/mol. The molecule has 0 bridgehead atoms. The number of Topliss-reactive ketones (excluding diaryl/α,β-unsaturated/α-hetero) is 1. The number of allylic oxidation sites excluding steroid dienone is 4. The molecule has 0 aromatic heterocycles. The third-order valence-corrected chi connectivity index (χ3v) is 10.1. The van der Waals surface area contributed by atoms with Gasteiger partial charge in [0.15, 0.2) is 17.1 Å². The minimum atomic E-state index is -2.28. The molecule has 4 aliphatic rings. The Morgan fingerprint density at radius 1 is 1.22 bits per heavy atom. The van der Waals surface area contributed by atoms with Crippen LogP contribution in [0.25, 0.3) is 0 Å². The highest BCUT2D eigenvalue weighted by Crippen LogP contribution is 2.71. The van der Waals surface area contributed by atoms with E-state index in [1.165, 1.54) is 13.0 Å². The molecule has 0 unspecified atom stereocenters. The lowest BCUT2D eigenvalue weighted by molar-refractivity contribution is -0.228. The van der Waals surface area contributed by atoms with Crippen molar-refractivity contribution in [3.05, 3.63) is 23.6 Å². The lowest BCUT2D eigenvalue weighted by Crippen LogP contribution is -2.70. The summed E-state index contributed by atoms with van der Waals surface area (Å²) in [6.45, 7) is 6.23. The van der Waals surface area contributed by atoms with Gasteiger partial charge in [-0.25, -0.2) is 8.78 Å². The summed E-state index contributed by atoms with van der Waals surface area (Å²) in [5, 5.41) is 21.4. The molecule has 6 nitrogen and oxygen atoms in total. The molecule has 0 heterocycles. The molecule has 0 aromatic carbocycles. The average Bonchev–Trinajstić information content (AvgIpc) is 3.04. The van der Waals surface area contributed by atoms with Crippen LogP contribution < -0.4 is 0 Å². The van der Waals surface area contributed by atoms with Crippen LogP contribution in [0.5, 0.6) is 0 Å². The van der Waals surface area contributed by atoms with Gasteiger partial charge in [0.05, 0.1) is 6.10 Å². The van der Waals surface area contributed by atoms with Crippen molar-refractivity contribution in [3.8, 4) is 0 Å². The van der Waals surface area contributed by atoms with Gasteiger partial charge < -0.3 is 14.9 Å². The second-order valence-corrected chi connectivity index (χ2v) is 11.7. The molecule has 0 spiro atoms. The first-order chi connectivity index (χ1) is 16.8. The van der Waals surface area contributed by atoms with Crippen LogP contribution in [0.1, 0.15) is 79.1 Å². The molecule has 36 heavy (non-hydrogen) atoms. The Kier molecular flexibility index (Phi) is 6.87. The van der Waals surface area contributed by atoms with Crippen molar-refractivity contribution in [2.75, 3.05) is 6.61 Å². The van der Waals surface area contributed by atoms with Crippen LogP contribution in [0, 0.1) is 28.6 Å². The fraction of sp³-hybridized carbons (Fsp3) is 0.750. The van der Waals surface area contributed by atoms with Gasteiger partial charge >= 0.3 is 5.97 Å². The normalized spacial score (nSPS) is 43.6. The molecule has 3 saturated carbocycles. The van der Waals surface area contributed by atoms with Gasteiger partial charge in [-0.2, -0.15) is 0 Å². The van der Waals surface area contributed by atoms with Gasteiger partial charge in [-0.3, -0.25) is 14.4 Å². The zero-order valence-corrected chi connectivity index (χ0v) is 21.6. The number of unbranched alkanes of at least 4 members (excludes halogenated alkanes) is 2. The zero-order chi connectivity index (χ0) is 26.7. The molecule has 0 radical (unpaired) electrons. The largest absolute Gasteiger partial charge is 0.450 e. The van der Waals surface area contributed by atoms with Crippen LogP contribution in [0.15, 0.2) is 23.6 Å². The number of aliphatic hydroxyl groups excluding tert-OH is 2. The molecule has 2 N–H and O–H groups in total. The molecule has 0 amide bonds. The zero-order valence-electron chi connectivity index (χ0n) is 21.6. The summed E-state index contributed by atoms with van der Waals surface area (Å²) >= 11 is 0. The van der Waals surface area contributed by atoms with Gasteiger partial charge in [0.1, 0.15) is 6.61 Å². The Morgan fingerprint density at radius 3 is 2.56 bits per heavy atom. The highest BCUT2D eigenvalue weighted by molar-refractivity contribution is 6.04. The highest BCUT2D eigenvalue weighted by Gasteiger charge is 2.77. The highest BCUT2D eigenvalue weighted by atomic mass is 19.1. The lowest BCUT2D eigenvalue weighted by Gasteiger charge is -2.62. The number of alkyl halides is 1. The molecular formula is C28H38F2O6. The predicted octanol–water partition coefficient (Wildman–Crippen LogP) is 4.32. The van der Waals surface area contributed by atoms with E-state index >= 15 is 4.39 Å². The van der Waals surface area contributed by atoms with Crippen LogP contribution >= 0.6 is 0 Å². The summed E-state index contributed by atoms with van der Waals surface area (Å²) in [4.78, 5) is 38.3. The van der Waals surface area contributed by atoms with Crippen molar-refractivity contribution >= 4 is 17.5 Å². The molecule has 200 valence electrons. The van der Waals surface area contributed by atoms with Crippen LogP contribution in [-0.2, 0) is 19.1 Å². The molecule has 4 rings (SSSR count). The number of fused-ring (bicyclic) bond motifs is 5. The number of halogens is 2. The van der Waals surface area contributed by atoms with Crippen LogP contribution in [0.4, 0.5) is 8.78 Å². The Morgan fingerprint density at radius 2 is 1.92 bits per heavy atom. The molecule has 8 atom stereocenters. The second-order valence-electron chi connectivity index (χ2n) is 11.7. The van der Waals surface area contributed by atoms with Crippen LogP contribution in [0.3, 0.4) is 0 Å². The third-order valence-electron chi connectivity index (χ3n) is 10.1. The maximum absolute atomic E-state index is 17.3. The Hall–Kier alpha value is -1.93. The number of rotatable bonds is 7. The molecule has 4 aliphatic carbocycles. The Labute approximate surface area is 211 Å². The van der Waals surface area contributed by atoms with E-state index in [2.05, 4.69) is 0 Å². The molecular weight excluding hydrogens is 470 g/mol. The van der Waals surface area contributed by atoms with Gasteiger partial charge in [0.2, 0.25) is 11.6 Å². The predicted molar refractivity (Wildman–Crippen MR) is 128 cm³/mol. The van der Waals surface area contributed by atoms with Gasteiger partial charge in [-0.15, -0.1) is 0 Å². The van der Waals surface area contributed by atoms with Crippen molar-refractivity contribution in [1.29, 1.82) is 0 Å². The van der Waals surface area contributed by atoms with Crippen molar-refractivity contribution < 1.29 is 38.1 Å². The first-order valence-electron chi connectivity index (χ1n) is 13.2. The molecule has 0 aromatic rings. The SMILES string of the molecule is CCCCCC(=O)O[C@]1(C(=O)CO)[C@H](C)C[C@H]2[C@@H]3CCC4=C(F)C(=O)C=C[C@]4(C)[C@@]3(F)[C@@H](O)C[C@@]21C. The number of hydrogen-bond acceptors (Lipinski definition) is 6. The van der Waals surface area contributed by atoms with Crippen LogP contribution in [-0.4, -0.2) is 51.7 Å². The van der Waals surface area contributed by atoms with E-state index in [9.17, 15) is 29.0 Å². The van der Waals surface area contributed by atoms with E-state index in [1.54, 1.807) is 13.8 Å². The fourth-order valence-corrected chi connectivity index (χ4v) is 8.34. The standard InChI is InChI=1S/C28H38F2O6/c1-5-6-7-8-23(35)36-28(22(34)15-31)16(2)13-19-17-9-10-18-24(29)20(32)11-12-25(18,3)27(17,30)21(33)14-26(19,28)4/h11-12,16-17,19,21,31,33H,5-10,13-15H2,1-4H3/t16-,17+,19+,21+,25+,26+,27+,28+/m1/s1. The lowest BCUT2D eigenvalue weighted by atomic mass is 9.44. The Balaban J connectivity index is 1.78. The van der Waals surface area contributed by atoms with Crippen molar-refractivity contribution in [2.45, 2.75) is 96.4 Å². The smallest absolute Gasteiger partial charge is 0.306 e. The minimum Gasteiger partial charge on any atom is -0.450 e. The van der Waals surface area contributed by atoms with Gasteiger partial charge in [-0.05, 0) is 56.6 Å². The van der Waals surface area contributed by atoms with Crippen molar-refractivity contribution in [3.63, 3.8) is 0 Å². The van der Waals surface area contributed by atoms with E-state index in [4.69, 9.17) is 4.74 Å². The number of ketones is 2. The third kappa shape index (κ3) is 3.35. The van der Waals surface area contributed by atoms with E-state index in [0.717, 1.165) is 18.9 Å². The summed E-state index contributed by atoms with van der Waals surface area (Å²) in [7, 11) is 0. The minimum absolute atomic E-state index is 0.0718. The summed E-state index contributed by atoms with van der Waals surface area (Å²) < 4.78 is 38.2. The molecule has 0 aliphatic heterocycles. The molecule has 3 fully saturated rings. The topological polar surface area (TPSA) is 101 Å². The molecule has 8 heteroatoms. The van der Waals surface area contributed by atoms with Gasteiger partial charge in [-0.1, -0.05) is 39.7 Å². The summed E-state index contributed by atoms with van der Waals surface area (Å²) in [6.07, 6.45) is 3.79. The summed E-state index contributed by atoms with van der Waals surface area (Å²) in [5.74, 6) is -4.67. The summed E-state index contributed by atoms with van der Waals surface area (Å²) in [6, 6.07) is 0. The quantitative estimate of drug-likeness (QED) is 0.392. The number of ether oxygens (including phenoxy) is 1. The number of hydrogen-bond donors (Lipinski definition) is 2. The maximum atomic E-state index is 17.3. The molecule has 0 saturated heterocycles. The van der Waals surface area contributed by atoms with Gasteiger partial charge in [0.25, 0.3) is 0 Å².